The quantitative estimate of drug-likeness (QED) is 0.592. The van der Waals surface area contributed by atoms with E-state index in [2.05, 4.69) is 10.6 Å². The summed E-state index contributed by atoms with van der Waals surface area (Å²) in [6.07, 6.45) is 0. The third-order valence-electron chi connectivity index (χ3n) is 4.72. The number of anilines is 1. The maximum atomic E-state index is 12.8. The van der Waals surface area contributed by atoms with Gasteiger partial charge in [-0.05, 0) is 42.3 Å². The third kappa shape index (κ3) is 5.46. The normalized spacial score (nSPS) is 12.4. The molecule has 0 saturated carbocycles. The summed E-state index contributed by atoms with van der Waals surface area (Å²) in [5.74, 6) is 0. The van der Waals surface area contributed by atoms with Gasteiger partial charge in [-0.1, -0.05) is 60.7 Å². The van der Waals surface area contributed by atoms with Crippen LogP contribution in [-0.4, -0.2) is 25.8 Å². The molecule has 0 aromatic heterocycles. The summed E-state index contributed by atoms with van der Waals surface area (Å²) in [6.45, 7) is 2.18. The van der Waals surface area contributed by atoms with Crippen molar-refractivity contribution >= 4 is 21.7 Å². The zero-order chi connectivity index (χ0) is 21.6. The molecule has 7 heteroatoms. The fourth-order valence-corrected chi connectivity index (χ4v) is 4.16. The molecule has 0 spiro atoms. The summed E-state index contributed by atoms with van der Waals surface area (Å²) in [5, 5.41) is 5.59. The lowest BCUT2D eigenvalue weighted by atomic mass is 10.1. The van der Waals surface area contributed by atoms with Crippen molar-refractivity contribution in [1.29, 1.82) is 0 Å². The van der Waals surface area contributed by atoms with Gasteiger partial charge in [-0.2, -0.15) is 4.31 Å². The highest BCUT2D eigenvalue weighted by atomic mass is 32.2. The smallest absolute Gasteiger partial charge is 0.319 e. The van der Waals surface area contributed by atoms with Crippen molar-refractivity contribution in [2.75, 3.05) is 12.4 Å². The summed E-state index contributed by atoms with van der Waals surface area (Å²) < 4.78 is 26.9. The van der Waals surface area contributed by atoms with Gasteiger partial charge in [0.1, 0.15) is 0 Å². The number of carbonyl (C=O) groups is 1. The van der Waals surface area contributed by atoms with Crippen molar-refractivity contribution in [3.8, 4) is 0 Å². The van der Waals surface area contributed by atoms with E-state index in [4.69, 9.17) is 0 Å². The molecule has 0 radical (unpaired) electrons. The summed E-state index contributed by atoms with van der Waals surface area (Å²) in [6, 6.07) is 24.7. The molecule has 0 bridgehead atoms. The fourth-order valence-electron chi connectivity index (χ4n) is 3.00. The number of benzene rings is 3. The van der Waals surface area contributed by atoms with Crippen molar-refractivity contribution in [3.63, 3.8) is 0 Å². The molecule has 6 nitrogen and oxygen atoms in total. The minimum Gasteiger partial charge on any atom is -0.331 e. The maximum absolute atomic E-state index is 12.8. The number of sulfonamides is 1. The van der Waals surface area contributed by atoms with Gasteiger partial charge in [0.15, 0.2) is 0 Å². The number of rotatable bonds is 7. The first-order valence-electron chi connectivity index (χ1n) is 9.59. The van der Waals surface area contributed by atoms with Crippen molar-refractivity contribution in [2.45, 2.75) is 24.4 Å². The van der Waals surface area contributed by atoms with E-state index in [9.17, 15) is 13.2 Å². The van der Waals surface area contributed by atoms with Crippen LogP contribution in [0.2, 0.25) is 0 Å². The Hall–Kier alpha value is -3.16. The molecule has 3 aromatic carbocycles. The van der Waals surface area contributed by atoms with E-state index >= 15 is 0 Å². The lowest BCUT2D eigenvalue weighted by molar-refractivity contribution is 0.249. The van der Waals surface area contributed by atoms with Crippen LogP contribution in [0.25, 0.3) is 0 Å². The Morgan fingerprint density at radius 2 is 1.47 bits per heavy atom. The molecule has 2 amide bonds. The number of hydrogen-bond acceptors (Lipinski definition) is 3. The van der Waals surface area contributed by atoms with Gasteiger partial charge in [0.05, 0.1) is 10.9 Å². The standard InChI is InChI=1S/C23H25N3O3S/c1-18(20-11-7-4-8-12-20)24-23(27)25-21-13-15-22(16-14-21)30(28,29)26(2)17-19-9-5-3-6-10-19/h3-16,18H,17H2,1-2H3,(H2,24,25,27). The summed E-state index contributed by atoms with van der Waals surface area (Å²) in [4.78, 5) is 12.4. The number of carbonyl (C=O) groups excluding carboxylic acids is 1. The van der Waals surface area contributed by atoms with Crippen molar-refractivity contribution in [1.82, 2.24) is 9.62 Å². The largest absolute Gasteiger partial charge is 0.331 e. The summed E-state index contributed by atoms with van der Waals surface area (Å²) in [5.41, 5.74) is 2.42. The van der Waals surface area contributed by atoms with Crippen molar-refractivity contribution < 1.29 is 13.2 Å². The van der Waals surface area contributed by atoms with Crippen LogP contribution in [0, 0.1) is 0 Å². The third-order valence-corrected chi connectivity index (χ3v) is 6.53. The van der Waals surface area contributed by atoms with E-state index in [-0.39, 0.29) is 23.5 Å². The second kappa shape index (κ2) is 9.56. The van der Waals surface area contributed by atoms with Crippen molar-refractivity contribution in [3.05, 3.63) is 96.1 Å². The summed E-state index contributed by atoms with van der Waals surface area (Å²) in [7, 11) is -2.08. The van der Waals surface area contributed by atoms with E-state index < -0.39 is 10.0 Å². The topological polar surface area (TPSA) is 78.5 Å². The Labute approximate surface area is 177 Å². The number of nitrogens with one attached hydrogen (secondary N) is 2. The molecular weight excluding hydrogens is 398 g/mol. The Morgan fingerprint density at radius 3 is 2.07 bits per heavy atom. The van der Waals surface area contributed by atoms with Gasteiger partial charge in [0, 0.05) is 19.3 Å². The van der Waals surface area contributed by atoms with E-state index in [1.165, 1.54) is 16.4 Å². The molecule has 0 aliphatic carbocycles. The van der Waals surface area contributed by atoms with Gasteiger partial charge in [-0.15, -0.1) is 0 Å². The Morgan fingerprint density at radius 1 is 0.900 bits per heavy atom. The Kier molecular flexibility index (Phi) is 6.87. The first-order chi connectivity index (χ1) is 14.4. The molecule has 2 N–H and O–H groups in total. The molecule has 0 heterocycles. The zero-order valence-corrected chi connectivity index (χ0v) is 17.8. The number of nitrogens with zero attached hydrogens (tertiary/aromatic N) is 1. The van der Waals surface area contributed by atoms with Crippen molar-refractivity contribution in [2.24, 2.45) is 0 Å². The molecule has 3 aromatic rings. The van der Waals surface area contributed by atoms with E-state index in [1.54, 1.807) is 19.2 Å². The second-order valence-electron chi connectivity index (χ2n) is 7.00. The fraction of sp³-hybridized carbons (Fsp3) is 0.174. The Bertz CT molecular complexity index is 1070. The molecule has 0 saturated heterocycles. The van der Waals surface area contributed by atoms with E-state index in [0.29, 0.717) is 5.69 Å². The number of hydrogen-bond donors (Lipinski definition) is 2. The molecule has 3 rings (SSSR count). The molecule has 1 atom stereocenters. The average molecular weight is 424 g/mol. The van der Waals surface area contributed by atoms with Crippen LogP contribution < -0.4 is 10.6 Å². The van der Waals surface area contributed by atoms with E-state index in [1.807, 2.05) is 67.6 Å². The minimum atomic E-state index is -3.63. The average Bonchev–Trinajstić information content (AvgIpc) is 2.75. The van der Waals surface area contributed by atoms with Crippen LogP contribution >= 0.6 is 0 Å². The monoisotopic (exact) mass is 423 g/mol. The first kappa shape index (κ1) is 21.5. The lowest BCUT2D eigenvalue weighted by Crippen LogP contribution is -2.31. The van der Waals surface area contributed by atoms with Crippen LogP contribution in [0.3, 0.4) is 0 Å². The van der Waals surface area contributed by atoms with Crippen LogP contribution in [0.15, 0.2) is 89.8 Å². The highest BCUT2D eigenvalue weighted by Gasteiger charge is 2.21. The van der Waals surface area contributed by atoms with Gasteiger partial charge >= 0.3 is 6.03 Å². The van der Waals surface area contributed by atoms with Crippen LogP contribution in [0.5, 0.6) is 0 Å². The molecular formula is C23H25N3O3S. The van der Waals surface area contributed by atoms with Gasteiger partial charge in [-0.25, -0.2) is 13.2 Å². The predicted molar refractivity (Wildman–Crippen MR) is 119 cm³/mol. The predicted octanol–water partition coefficient (Wildman–Crippen LogP) is 4.39. The molecule has 0 fully saturated rings. The van der Waals surface area contributed by atoms with Gasteiger partial charge in [0.2, 0.25) is 10.0 Å². The minimum absolute atomic E-state index is 0.155. The SMILES string of the molecule is CC(NC(=O)Nc1ccc(S(=O)(=O)N(C)Cc2ccccc2)cc1)c1ccccc1. The Balaban J connectivity index is 1.61. The maximum Gasteiger partial charge on any atom is 0.319 e. The van der Waals surface area contributed by atoms with Crippen LogP contribution in [0.4, 0.5) is 10.5 Å². The second-order valence-corrected chi connectivity index (χ2v) is 9.05. The zero-order valence-electron chi connectivity index (χ0n) is 16.9. The highest BCUT2D eigenvalue weighted by Crippen LogP contribution is 2.19. The lowest BCUT2D eigenvalue weighted by Gasteiger charge is -2.18. The molecule has 0 aliphatic heterocycles. The van der Waals surface area contributed by atoms with Gasteiger partial charge < -0.3 is 10.6 Å². The number of amides is 2. The van der Waals surface area contributed by atoms with E-state index in [0.717, 1.165) is 11.1 Å². The van der Waals surface area contributed by atoms with Gasteiger partial charge in [0.25, 0.3) is 0 Å². The molecule has 156 valence electrons. The van der Waals surface area contributed by atoms with Crippen LogP contribution in [0.1, 0.15) is 24.1 Å². The highest BCUT2D eigenvalue weighted by molar-refractivity contribution is 7.89. The van der Waals surface area contributed by atoms with Gasteiger partial charge in [-0.3, -0.25) is 0 Å². The number of urea groups is 1. The summed E-state index contributed by atoms with van der Waals surface area (Å²) >= 11 is 0. The molecule has 0 aliphatic rings. The van der Waals surface area contributed by atoms with Crippen LogP contribution in [-0.2, 0) is 16.6 Å². The molecule has 30 heavy (non-hydrogen) atoms. The first-order valence-corrected chi connectivity index (χ1v) is 11.0. The molecule has 1 unspecified atom stereocenters.